The second-order valence-electron chi connectivity index (χ2n) is 5.28. The highest BCUT2D eigenvalue weighted by Gasteiger charge is 2.24. The van der Waals surface area contributed by atoms with Gasteiger partial charge in [0.05, 0.1) is 11.1 Å². The molecule has 0 bridgehead atoms. The first-order valence-corrected chi connectivity index (χ1v) is 9.02. The molecule has 120 valence electrons. The highest BCUT2D eigenvalue weighted by Crippen LogP contribution is 2.33. The van der Waals surface area contributed by atoms with Gasteiger partial charge in [0.15, 0.2) is 0 Å². The molecule has 0 aliphatic rings. The highest BCUT2D eigenvalue weighted by atomic mass is 79.9. The number of rotatable bonds is 9. The summed E-state index contributed by atoms with van der Waals surface area (Å²) in [4.78, 5) is 0. The maximum absolute atomic E-state index is 9.62. The van der Waals surface area contributed by atoms with Crippen molar-refractivity contribution in [1.82, 2.24) is 5.32 Å². The molecule has 0 aliphatic heterocycles. The summed E-state index contributed by atoms with van der Waals surface area (Å²) in [5.41, 5.74) is 1.08. The zero-order chi connectivity index (χ0) is 15.9. The smallest absolute Gasteiger partial charge is 0.138 e. The first-order valence-electron chi connectivity index (χ1n) is 7.44. The molecule has 0 unspecified atom stereocenters. The van der Waals surface area contributed by atoms with Crippen molar-refractivity contribution in [3.05, 3.63) is 26.6 Å². The molecule has 0 atom stereocenters. The van der Waals surface area contributed by atoms with Gasteiger partial charge < -0.3 is 15.2 Å². The topological polar surface area (TPSA) is 41.5 Å². The summed E-state index contributed by atoms with van der Waals surface area (Å²) < 4.78 is 7.70. The van der Waals surface area contributed by atoms with E-state index in [0.717, 1.165) is 46.2 Å². The lowest BCUT2D eigenvalue weighted by Gasteiger charge is -2.29. The van der Waals surface area contributed by atoms with Crippen molar-refractivity contribution < 1.29 is 9.84 Å². The van der Waals surface area contributed by atoms with Gasteiger partial charge in [-0.15, -0.1) is 0 Å². The Bertz CT molecular complexity index is 440. The largest absolute Gasteiger partial charge is 0.492 e. The molecule has 2 N–H and O–H groups in total. The first-order chi connectivity index (χ1) is 10.0. The van der Waals surface area contributed by atoms with Crippen molar-refractivity contribution in [3.8, 4) is 5.75 Å². The van der Waals surface area contributed by atoms with Crippen LogP contribution < -0.4 is 10.1 Å². The Morgan fingerprint density at radius 3 is 2.38 bits per heavy atom. The fourth-order valence-electron chi connectivity index (χ4n) is 2.29. The van der Waals surface area contributed by atoms with Gasteiger partial charge in [-0.1, -0.05) is 29.8 Å². The van der Waals surface area contributed by atoms with Crippen molar-refractivity contribution in [2.75, 3.05) is 19.8 Å². The minimum atomic E-state index is -0.0327. The van der Waals surface area contributed by atoms with Crippen molar-refractivity contribution in [3.63, 3.8) is 0 Å². The summed E-state index contributed by atoms with van der Waals surface area (Å²) in [7, 11) is 0. The first kappa shape index (κ1) is 18.9. The molecule has 0 aliphatic carbocycles. The van der Waals surface area contributed by atoms with E-state index < -0.39 is 0 Å². The van der Waals surface area contributed by atoms with Gasteiger partial charge in [-0.2, -0.15) is 0 Å². The van der Waals surface area contributed by atoms with Gasteiger partial charge in [0.25, 0.3) is 0 Å². The molecule has 0 spiro atoms. The van der Waals surface area contributed by atoms with Crippen molar-refractivity contribution in [2.24, 2.45) is 5.41 Å². The van der Waals surface area contributed by atoms with Crippen LogP contribution in [0.3, 0.4) is 0 Å². The fraction of sp³-hybridized carbons (Fsp3) is 0.625. The van der Waals surface area contributed by atoms with Crippen molar-refractivity contribution in [2.45, 2.75) is 40.2 Å². The van der Waals surface area contributed by atoms with Gasteiger partial charge in [0, 0.05) is 35.1 Å². The van der Waals surface area contributed by atoms with E-state index in [9.17, 15) is 5.11 Å². The quantitative estimate of drug-likeness (QED) is 0.615. The number of nitrogens with one attached hydrogen (secondary N) is 1. The minimum Gasteiger partial charge on any atom is -0.492 e. The van der Waals surface area contributed by atoms with Crippen LogP contribution in [0.1, 0.15) is 39.2 Å². The number of benzene rings is 1. The van der Waals surface area contributed by atoms with E-state index in [4.69, 9.17) is 4.74 Å². The molecule has 0 fully saturated rings. The standard InChI is InChI=1S/C16H25Br2NO2/c1-4-16(5-2,11-20)10-19-9-12-7-13(17)8-14(18)15(12)21-6-3/h7-8,19-20H,4-6,9-11H2,1-3H3. The fourth-order valence-corrected chi connectivity index (χ4v) is 3.72. The number of hydrogen-bond donors (Lipinski definition) is 2. The predicted molar refractivity (Wildman–Crippen MR) is 94.8 cm³/mol. The van der Waals surface area contributed by atoms with Crippen LogP contribution in [-0.4, -0.2) is 24.9 Å². The van der Waals surface area contributed by atoms with Gasteiger partial charge in [-0.25, -0.2) is 0 Å². The van der Waals surface area contributed by atoms with Gasteiger partial charge in [0.2, 0.25) is 0 Å². The molecule has 21 heavy (non-hydrogen) atoms. The molecule has 0 heterocycles. The van der Waals surface area contributed by atoms with Gasteiger partial charge in [-0.05, 0) is 47.8 Å². The molecule has 0 radical (unpaired) electrons. The van der Waals surface area contributed by atoms with Crippen LogP contribution >= 0.6 is 31.9 Å². The Morgan fingerprint density at radius 1 is 1.19 bits per heavy atom. The molecule has 1 aromatic carbocycles. The van der Waals surface area contributed by atoms with E-state index in [2.05, 4.69) is 57.1 Å². The van der Waals surface area contributed by atoms with Crippen LogP contribution in [0.25, 0.3) is 0 Å². The van der Waals surface area contributed by atoms with E-state index >= 15 is 0 Å². The normalized spacial score (nSPS) is 11.7. The van der Waals surface area contributed by atoms with Crippen LogP contribution in [-0.2, 0) is 6.54 Å². The van der Waals surface area contributed by atoms with Crippen LogP contribution in [0.4, 0.5) is 0 Å². The van der Waals surface area contributed by atoms with Crippen molar-refractivity contribution in [1.29, 1.82) is 0 Å². The number of aliphatic hydroxyl groups is 1. The minimum absolute atomic E-state index is 0.0327. The Hall–Kier alpha value is -0.100. The Kier molecular flexibility index (Phi) is 8.24. The number of aliphatic hydroxyl groups excluding tert-OH is 1. The average molecular weight is 423 g/mol. The summed E-state index contributed by atoms with van der Waals surface area (Å²) in [5, 5.41) is 13.1. The van der Waals surface area contributed by atoms with E-state index in [1.165, 1.54) is 0 Å². The summed E-state index contributed by atoms with van der Waals surface area (Å²) in [5.74, 6) is 0.885. The third-order valence-corrected chi connectivity index (χ3v) is 5.07. The summed E-state index contributed by atoms with van der Waals surface area (Å²) >= 11 is 7.07. The lowest BCUT2D eigenvalue weighted by molar-refractivity contribution is 0.113. The van der Waals surface area contributed by atoms with E-state index in [1.807, 2.05) is 13.0 Å². The third kappa shape index (κ3) is 5.23. The number of halogens is 2. The lowest BCUT2D eigenvalue weighted by Crippen LogP contribution is -2.36. The van der Waals surface area contributed by atoms with E-state index in [1.54, 1.807) is 0 Å². The summed E-state index contributed by atoms with van der Waals surface area (Å²) in [6.07, 6.45) is 1.93. The maximum Gasteiger partial charge on any atom is 0.138 e. The lowest BCUT2D eigenvalue weighted by atomic mass is 9.83. The van der Waals surface area contributed by atoms with Crippen LogP contribution in [0, 0.1) is 5.41 Å². The second-order valence-corrected chi connectivity index (χ2v) is 7.05. The molecule has 0 saturated carbocycles. The molecule has 0 aromatic heterocycles. The Morgan fingerprint density at radius 2 is 1.86 bits per heavy atom. The number of hydrogen-bond acceptors (Lipinski definition) is 3. The monoisotopic (exact) mass is 421 g/mol. The van der Waals surface area contributed by atoms with E-state index in [0.29, 0.717) is 6.61 Å². The molecular formula is C16H25Br2NO2. The van der Waals surface area contributed by atoms with E-state index in [-0.39, 0.29) is 12.0 Å². The molecule has 5 heteroatoms. The Labute approximate surface area is 144 Å². The van der Waals surface area contributed by atoms with Crippen LogP contribution in [0.5, 0.6) is 5.75 Å². The van der Waals surface area contributed by atoms with Crippen LogP contribution in [0.15, 0.2) is 21.1 Å². The van der Waals surface area contributed by atoms with Gasteiger partial charge in [-0.3, -0.25) is 0 Å². The summed E-state index contributed by atoms with van der Waals surface area (Å²) in [6, 6.07) is 4.06. The van der Waals surface area contributed by atoms with Crippen LogP contribution in [0.2, 0.25) is 0 Å². The van der Waals surface area contributed by atoms with Crippen molar-refractivity contribution >= 4 is 31.9 Å². The average Bonchev–Trinajstić information content (AvgIpc) is 2.47. The molecule has 1 rings (SSSR count). The Balaban J connectivity index is 2.79. The molecular weight excluding hydrogens is 398 g/mol. The SMILES string of the molecule is CCOc1c(Br)cc(Br)cc1CNCC(CC)(CC)CO. The van der Waals surface area contributed by atoms with Gasteiger partial charge in [0.1, 0.15) is 5.75 Å². The van der Waals surface area contributed by atoms with Gasteiger partial charge >= 0.3 is 0 Å². The molecule has 3 nitrogen and oxygen atoms in total. The third-order valence-electron chi connectivity index (χ3n) is 4.02. The molecule has 0 amide bonds. The highest BCUT2D eigenvalue weighted by molar-refractivity contribution is 9.11. The maximum atomic E-state index is 9.62. The number of ether oxygens (including phenoxy) is 1. The zero-order valence-electron chi connectivity index (χ0n) is 13.0. The summed E-state index contributed by atoms with van der Waals surface area (Å²) in [6.45, 7) is 8.61. The predicted octanol–water partition coefficient (Wildman–Crippen LogP) is 4.50. The molecule has 1 aromatic rings. The molecule has 0 saturated heterocycles. The zero-order valence-corrected chi connectivity index (χ0v) is 16.2. The second kappa shape index (κ2) is 9.13.